The van der Waals surface area contributed by atoms with Gasteiger partial charge in [-0.25, -0.2) is 9.18 Å². The number of carbonyl (C=O) groups is 1. The van der Waals surface area contributed by atoms with Crippen LogP contribution in [-0.2, 0) is 9.47 Å². The number of hydrogen-bond acceptors (Lipinski definition) is 5. The molecule has 5 rings (SSSR count). The number of carboxylic acids is 1. The zero-order valence-electron chi connectivity index (χ0n) is 16.2. The Morgan fingerprint density at radius 3 is 2.69 bits per heavy atom. The second kappa shape index (κ2) is 6.53. The Morgan fingerprint density at radius 1 is 1.31 bits per heavy atom. The first kappa shape index (κ1) is 18.6. The number of fused-ring (bicyclic) bond motifs is 1. The van der Waals surface area contributed by atoms with Gasteiger partial charge >= 0.3 is 5.97 Å². The normalized spacial score (nSPS) is 21.2. The quantitative estimate of drug-likeness (QED) is 0.850. The van der Waals surface area contributed by atoms with E-state index in [4.69, 9.17) is 9.47 Å². The lowest BCUT2D eigenvalue weighted by atomic mass is 9.99. The molecule has 3 aliphatic rings. The highest BCUT2D eigenvalue weighted by atomic mass is 19.1. The molecule has 2 aromatic heterocycles. The van der Waals surface area contributed by atoms with Crippen LogP contribution in [0.15, 0.2) is 17.1 Å². The number of pyridine rings is 2. The van der Waals surface area contributed by atoms with E-state index in [1.807, 2.05) is 4.90 Å². The Morgan fingerprint density at radius 2 is 2.03 bits per heavy atom. The van der Waals surface area contributed by atoms with Gasteiger partial charge in [-0.1, -0.05) is 0 Å². The Labute approximate surface area is 166 Å². The Hall–Kier alpha value is -2.45. The number of rotatable bonds is 3. The summed E-state index contributed by atoms with van der Waals surface area (Å²) in [5.74, 6) is -2.33. The highest BCUT2D eigenvalue weighted by molar-refractivity contribution is 5.89. The maximum atomic E-state index is 15.3. The number of anilines is 1. The lowest BCUT2D eigenvalue weighted by Crippen LogP contribution is -2.49. The fraction of sp³-hybridized carbons (Fsp3) is 0.524. The van der Waals surface area contributed by atoms with Crippen molar-refractivity contribution in [2.24, 2.45) is 0 Å². The van der Waals surface area contributed by atoms with E-state index >= 15 is 4.39 Å². The van der Waals surface area contributed by atoms with Crippen LogP contribution in [0.4, 0.5) is 10.1 Å². The van der Waals surface area contributed by atoms with Crippen LogP contribution in [0, 0.1) is 12.7 Å². The number of halogens is 1. The van der Waals surface area contributed by atoms with Gasteiger partial charge in [0.2, 0.25) is 0 Å². The van der Waals surface area contributed by atoms with E-state index in [-0.39, 0.29) is 11.5 Å². The smallest absolute Gasteiger partial charge is 0.341 e. The van der Waals surface area contributed by atoms with Gasteiger partial charge in [-0.15, -0.1) is 0 Å². The molecule has 3 fully saturated rings. The van der Waals surface area contributed by atoms with Crippen LogP contribution < -0.4 is 10.5 Å². The number of ether oxygens (including phenoxy) is 2. The van der Waals surface area contributed by atoms with Crippen LogP contribution in [0.3, 0.4) is 0 Å². The molecule has 154 valence electrons. The number of nitrogens with zero attached hydrogens (tertiary/aromatic N) is 2. The first-order chi connectivity index (χ1) is 13.9. The van der Waals surface area contributed by atoms with Crippen LogP contribution in [-0.4, -0.2) is 47.6 Å². The molecule has 1 N–H and O–H groups in total. The lowest BCUT2D eigenvalue weighted by molar-refractivity contribution is -0.161. The van der Waals surface area contributed by atoms with E-state index in [0.717, 1.165) is 37.4 Å². The average molecular weight is 402 g/mol. The monoisotopic (exact) mass is 402 g/mol. The summed E-state index contributed by atoms with van der Waals surface area (Å²) < 4.78 is 28.1. The van der Waals surface area contributed by atoms with E-state index in [0.29, 0.717) is 43.1 Å². The molecular weight excluding hydrogens is 379 g/mol. The van der Waals surface area contributed by atoms with E-state index in [9.17, 15) is 14.7 Å². The molecule has 0 unspecified atom stereocenters. The van der Waals surface area contributed by atoms with E-state index in [2.05, 4.69) is 0 Å². The number of hydrogen-bond donors (Lipinski definition) is 1. The molecule has 1 aliphatic carbocycles. The Balaban J connectivity index is 1.70. The van der Waals surface area contributed by atoms with Gasteiger partial charge in [0.15, 0.2) is 11.6 Å². The molecule has 1 saturated carbocycles. The highest BCUT2D eigenvalue weighted by Crippen LogP contribution is 2.44. The molecule has 29 heavy (non-hydrogen) atoms. The largest absolute Gasteiger partial charge is 0.477 e. The Bertz CT molecular complexity index is 1070. The fourth-order valence-electron chi connectivity index (χ4n) is 4.80. The van der Waals surface area contributed by atoms with Crippen molar-refractivity contribution in [3.8, 4) is 0 Å². The third-order valence-corrected chi connectivity index (χ3v) is 6.24. The van der Waals surface area contributed by atoms with E-state index in [1.54, 1.807) is 6.92 Å². The maximum absolute atomic E-state index is 15.3. The minimum atomic E-state index is -1.29. The van der Waals surface area contributed by atoms with Crippen LogP contribution in [0.5, 0.6) is 0 Å². The third-order valence-electron chi connectivity index (χ3n) is 6.24. The van der Waals surface area contributed by atoms with Crippen molar-refractivity contribution in [3.05, 3.63) is 45.1 Å². The number of aromatic nitrogens is 1. The lowest BCUT2D eigenvalue weighted by Gasteiger charge is -2.40. The van der Waals surface area contributed by atoms with Gasteiger partial charge in [0.05, 0.1) is 37.2 Å². The van der Waals surface area contributed by atoms with Gasteiger partial charge in [0.1, 0.15) is 5.56 Å². The molecule has 2 aliphatic heterocycles. The van der Waals surface area contributed by atoms with Gasteiger partial charge < -0.3 is 19.5 Å². The molecule has 4 heterocycles. The third kappa shape index (κ3) is 2.93. The number of aromatic carboxylic acids is 1. The number of aryl methyl sites for hydroxylation is 1. The van der Waals surface area contributed by atoms with Gasteiger partial charge in [0.25, 0.3) is 5.56 Å². The van der Waals surface area contributed by atoms with Crippen LogP contribution in [0.1, 0.15) is 53.1 Å². The van der Waals surface area contributed by atoms with Gasteiger partial charge in [-0.05, 0) is 49.3 Å². The van der Waals surface area contributed by atoms with Crippen molar-refractivity contribution in [2.75, 3.05) is 31.2 Å². The Kier molecular flexibility index (Phi) is 4.18. The summed E-state index contributed by atoms with van der Waals surface area (Å²) in [6.07, 6.45) is 4.59. The molecule has 2 aromatic rings. The summed E-state index contributed by atoms with van der Waals surface area (Å²) in [6, 6.07) is 1.48. The molecule has 2 saturated heterocycles. The molecule has 0 aromatic carbocycles. The van der Waals surface area contributed by atoms with Crippen LogP contribution >= 0.6 is 0 Å². The highest BCUT2D eigenvalue weighted by Gasteiger charge is 2.42. The van der Waals surface area contributed by atoms with E-state index < -0.39 is 23.1 Å². The van der Waals surface area contributed by atoms with Crippen molar-refractivity contribution in [2.45, 2.75) is 44.3 Å². The predicted molar refractivity (Wildman–Crippen MR) is 103 cm³/mol. The van der Waals surface area contributed by atoms with Gasteiger partial charge in [-0.2, -0.15) is 0 Å². The molecule has 0 amide bonds. The zero-order valence-corrected chi connectivity index (χ0v) is 16.2. The molecule has 1 spiro atoms. The molecular formula is C21H23FN2O5. The molecule has 0 radical (unpaired) electrons. The molecule has 0 atom stereocenters. The topological polar surface area (TPSA) is 80.5 Å². The number of piperidine rings is 1. The minimum absolute atomic E-state index is 0.204. The second-order valence-corrected chi connectivity index (χ2v) is 8.20. The summed E-state index contributed by atoms with van der Waals surface area (Å²) in [5, 5.41) is 9.42. The van der Waals surface area contributed by atoms with Gasteiger partial charge in [-0.3, -0.25) is 9.20 Å². The summed E-state index contributed by atoms with van der Waals surface area (Å²) in [4.78, 5) is 26.2. The van der Waals surface area contributed by atoms with Crippen LogP contribution in [0.25, 0.3) is 5.52 Å². The maximum Gasteiger partial charge on any atom is 0.341 e. The van der Waals surface area contributed by atoms with Crippen molar-refractivity contribution in [3.63, 3.8) is 0 Å². The SMILES string of the molecule is Cc1c(N2CCCC3(C2)OCCO3)c(F)cn2c(=O)c(C(=O)O)cc(C3CC3)c12. The second-order valence-electron chi connectivity index (χ2n) is 8.20. The standard InChI is InChI=1S/C21H23FN2O5/c1-12-17-14(13-3-4-13)9-15(20(26)27)19(25)24(17)10-16(22)18(12)23-6-2-5-21(11-23)28-7-8-29-21/h9-10,13H,2-8,11H2,1H3,(H,26,27). The van der Waals surface area contributed by atoms with Crippen molar-refractivity contribution >= 4 is 17.2 Å². The van der Waals surface area contributed by atoms with E-state index in [1.165, 1.54) is 10.5 Å². The predicted octanol–water partition coefficient (Wildman–Crippen LogP) is 2.67. The molecule has 8 heteroatoms. The van der Waals surface area contributed by atoms with Crippen molar-refractivity contribution in [1.29, 1.82) is 0 Å². The van der Waals surface area contributed by atoms with Crippen molar-refractivity contribution in [1.82, 2.24) is 4.40 Å². The van der Waals surface area contributed by atoms with Crippen molar-refractivity contribution < 1.29 is 23.8 Å². The summed E-state index contributed by atoms with van der Waals surface area (Å²) in [5.41, 5.74) is 1.49. The average Bonchev–Trinajstić information content (AvgIpc) is 3.43. The minimum Gasteiger partial charge on any atom is -0.477 e. The van der Waals surface area contributed by atoms with Gasteiger partial charge in [0, 0.05) is 13.0 Å². The number of carboxylic acid groups (broad SMARTS) is 1. The molecule has 0 bridgehead atoms. The molecule has 7 nitrogen and oxygen atoms in total. The summed E-state index contributed by atoms with van der Waals surface area (Å²) in [6.45, 7) is 3.96. The summed E-state index contributed by atoms with van der Waals surface area (Å²) >= 11 is 0. The fourth-order valence-corrected chi connectivity index (χ4v) is 4.80. The first-order valence-electron chi connectivity index (χ1n) is 10.0. The first-order valence-corrected chi connectivity index (χ1v) is 10.0. The summed E-state index contributed by atoms with van der Waals surface area (Å²) in [7, 11) is 0. The zero-order chi connectivity index (χ0) is 20.3. The van der Waals surface area contributed by atoms with Crippen LogP contribution in [0.2, 0.25) is 0 Å².